The van der Waals surface area contributed by atoms with E-state index in [1.165, 1.54) is 4.31 Å². The zero-order chi connectivity index (χ0) is 21.8. The van der Waals surface area contributed by atoms with Gasteiger partial charge in [-0.2, -0.15) is 4.31 Å². The van der Waals surface area contributed by atoms with Crippen molar-refractivity contribution in [1.29, 1.82) is 0 Å². The minimum Gasteiger partial charge on any atom is -0.379 e. The predicted octanol–water partition coefficient (Wildman–Crippen LogP) is 1.33. The first kappa shape index (κ1) is 21.6. The molecule has 0 saturated carbocycles. The van der Waals surface area contributed by atoms with Crippen LogP contribution in [-0.2, 0) is 19.5 Å². The number of hydrogen-bond acceptors (Lipinski definition) is 7. The molecule has 0 spiro atoms. The second kappa shape index (κ2) is 9.27. The molecular weight excluding hydrogens is 427 g/mol. The number of ether oxygens (including phenoxy) is 2. The fraction of sp³-hybridized carbons (Fsp3) is 0.400. The van der Waals surface area contributed by atoms with Gasteiger partial charge in [0.05, 0.1) is 48.8 Å². The molecule has 166 valence electrons. The van der Waals surface area contributed by atoms with Crippen molar-refractivity contribution in [1.82, 2.24) is 9.29 Å². The van der Waals surface area contributed by atoms with Crippen LogP contribution >= 0.6 is 0 Å². The number of morpholine rings is 2. The largest absolute Gasteiger partial charge is 0.379 e. The fourth-order valence-electron chi connectivity index (χ4n) is 3.43. The maximum Gasteiger partial charge on any atom is 0.259 e. The van der Waals surface area contributed by atoms with Gasteiger partial charge in [0.1, 0.15) is 11.6 Å². The van der Waals surface area contributed by atoms with Gasteiger partial charge in [0.25, 0.3) is 5.91 Å². The Morgan fingerprint density at radius 3 is 2.32 bits per heavy atom. The van der Waals surface area contributed by atoms with Crippen molar-refractivity contribution in [2.24, 2.45) is 0 Å². The number of benzene rings is 1. The van der Waals surface area contributed by atoms with Gasteiger partial charge in [0.15, 0.2) is 0 Å². The number of nitrogens with zero attached hydrogens (tertiary/aromatic N) is 3. The van der Waals surface area contributed by atoms with Crippen LogP contribution < -0.4 is 10.2 Å². The summed E-state index contributed by atoms with van der Waals surface area (Å²) in [6, 6.07) is 6.62. The van der Waals surface area contributed by atoms with Gasteiger partial charge in [-0.1, -0.05) is 0 Å². The third-order valence-electron chi connectivity index (χ3n) is 5.16. The maximum absolute atomic E-state index is 14.3. The Balaban J connectivity index is 1.50. The van der Waals surface area contributed by atoms with Crippen LogP contribution in [-0.4, -0.2) is 76.2 Å². The van der Waals surface area contributed by atoms with Crippen molar-refractivity contribution in [2.75, 3.05) is 62.8 Å². The van der Waals surface area contributed by atoms with E-state index in [2.05, 4.69) is 15.2 Å². The first-order valence-corrected chi connectivity index (χ1v) is 11.4. The van der Waals surface area contributed by atoms with Gasteiger partial charge in [-0.05, 0) is 30.3 Å². The molecule has 2 fully saturated rings. The highest BCUT2D eigenvalue weighted by Crippen LogP contribution is 2.22. The second-order valence-corrected chi connectivity index (χ2v) is 9.05. The molecule has 2 aliphatic heterocycles. The summed E-state index contributed by atoms with van der Waals surface area (Å²) in [6.07, 6.45) is 1.62. The van der Waals surface area contributed by atoms with Crippen molar-refractivity contribution in [3.8, 4) is 0 Å². The van der Waals surface area contributed by atoms with E-state index in [1.54, 1.807) is 12.3 Å². The molecule has 2 saturated heterocycles. The van der Waals surface area contributed by atoms with Crippen LogP contribution in [0.15, 0.2) is 41.4 Å². The van der Waals surface area contributed by atoms with Gasteiger partial charge in [-0.3, -0.25) is 4.79 Å². The molecule has 0 atom stereocenters. The van der Waals surface area contributed by atoms with E-state index in [9.17, 15) is 17.6 Å². The van der Waals surface area contributed by atoms with Gasteiger partial charge in [-0.25, -0.2) is 17.8 Å². The molecule has 2 aliphatic rings. The minimum atomic E-state index is -3.85. The monoisotopic (exact) mass is 450 g/mol. The molecule has 2 aromatic rings. The van der Waals surface area contributed by atoms with Gasteiger partial charge < -0.3 is 19.7 Å². The zero-order valence-corrected chi connectivity index (χ0v) is 17.6. The number of rotatable bonds is 5. The number of nitrogens with one attached hydrogen (secondary N) is 1. The molecule has 1 amide bonds. The quantitative estimate of drug-likeness (QED) is 0.733. The van der Waals surface area contributed by atoms with Gasteiger partial charge >= 0.3 is 0 Å². The van der Waals surface area contributed by atoms with E-state index in [0.29, 0.717) is 26.4 Å². The smallest absolute Gasteiger partial charge is 0.259 e. The summed E-state index contributed by atoms with van der Waals surface area (Å²) in [5.41, 5.74) is 0.527. The average Bonchev–Trinajstić information content (AvgIpc) is 2.81. The van der Waals surface area contributed by atoms with Crippen molar-refractivity contribution in [3.63, 3.8) is 0 Å². The minimum absolute atomic E-state index is 0.142. The number of sulfonamides is 1. The first-order valence-electron chi connectivity index (χ1n) is 9.93. The van der Waals surface area contributed by atoms with Crippen LogP contribution in [0.2, 0.25) is 0 Å². The lowest BCUT2D eigenvalue weighted by Gasteiger charge is -2.28. The highest BCUT2D eigenvalue weighted by molar-refractivity contribution is 7.89. The molecule has 4 rings (SSSR count). The van der Waals surface area contributed by atoms with E-state index < -0.39 is 21.7 Å². The Hall–Kier alpha value is -2.60. The Bertz CT molecular complexity index is 1040. The third kappa shape index (κ3) is 4.85. The van der Waals surface area contributed by atoms with Crippen LogP contribution in [0, 0.1) is 5.82 Å². The SMILES string of the molecule is O=C(Nc1ccc(N2CCOCC2)cn1)c1cc(S(=O)(=O)N2CCOCC2)ccc1F. The number of hydrogen-bond donors (Lipinski definition) is 1. The molecule has 0 radical (unpaired) electrons. The van der Waals surface area contributed by atoms with Crippen LogP contribution in [0.4, 0.5) is 15.9 Å². The van der Waals surface area contributed by atoms with Crippen molar-refractivity contribution < 1.29 is 27.1 Å². The van der Waals surface area contributed by atoms with Crippen LogP contribution in [0.25, 0.3) is 0 Å². The lowest BCUT2D eigenvalue weighted by molar-refractivity contribution is 0.0730. The number of amides is 1. The van der Waals surface area contributed by atoms with Crippen LogP contribution in [0.1, 0.15) is 10.4 Å². The molecular formula is C20H23FN4O5S. The number of anilines is 2. The summed E-state index contributed by atoms with van der Waals surface area (Å²) in [6.45, 7) is 3.79. The molecule has 1 aromatic heterocycles. The molecule has 11 heteroatoms. The predicted molar refractivity (Wildman–Crippen MR) is 111 cm³/mol. The lowest BCUT2D eigenvalue weighted by atomic mass is 10.2. The van der Waals surface area contributed by atoms with Crippen molar-refractivity contribution in [3.05, 3.63) is 47.9 Å². The summed E-state index contributed by atoms with van der Waals surface area (Å²) < 4.78 is 51.7. The molecule has 9 nitrogen and oxygen atoms in total. The standard InChI is InChI=1S/C20H23FN4O5S/c21-18-3-2-16(31(27,28)25-7-11-30-12-8-25)13-17(18)20(26)23-19-4-1-15(14-22-19)24-5-9-29-10-6-24/h1-4,13-14H,5-12H2,(H,22,23,26). The summed E-state index contributed by atoms with van der Waals surface area (Å²) >= 11 is 0. The number of carbonyl (C=O) groups excluding carboxylic acids is 1. The zero-order valence-electron chi connectivity index (χ0n) is 16.8. The summed E-state index contributed by atoms with van der Waals surface area (Å²) in [7, 11) is -3.85. The number of pyridine rings is 1. The third-order valence-corrected chi connectivity index (χ3v) is 7.05. The molecule has 31 heavy (non-hydrogen) atoms. The van der Waals surface area contributed by atoms with Gasteiger partial charge in [0.2, 0.25) is 10.0 Å². The number of halogens is 1. The summed E-state index contributed by atoms with van der Waals surface area (Å²) in [5, 5.41) is 2.53. The molecule has 0 bridgehead atoms. The topological polar surface area (TPSA) is 101 Å². The van der Waals surface area contributed by atoms with Gasteiger partial charge in [0, 0.05) is 26.2 Å². The Kier molecular flexibility index (Phi) is 6.46. The molecule has 1 N–H and O–H groups in total. The van der Waals surface area contributed by atoms with Gasteiger partial charge in [-0.15, -0.1) is 0 Å². The van der Waals surface area contributed by atoms with E-state index >= 15 is 0 Å². The Labute approximate surface area is 179 Å². The number of aromatic nitrogens is 1. The molecule has 1 aromatic carbocycles. The highest BCUT2D eigenvalue weighted by atomic mass is 32.2. The fourth-order valence-corrected chi connectivity index (χ4v) is 4.86. The normalized spacial score (nSPS) is 18.0. The highest BCUT2D eigenvalue weighted by Gasteiger charge is 2.28. The van der Waals surface area contributed by atoms with E-state index in [0.717, 1.165) is 37.0 Å². The Morgan fingerprint density at radius 1 is 1.00 bits per heavy atom. The van der Waals surface area contributed by atoms with E-state index in [4.69, 9.17) is 9.47 Å². The molecule has 0 unspecified atom stereocenters. The lowest BCUT2D eigenvalue weighted by Crippen LogP contribution is -2.40. The van der Waals surface area contributed by atoms with Crippen molar-refractivity contribution in [2.45, 2.75) is 4.90 Å². The second-order valence-electron chi connectivity index (χ2n) is 7.11. The van der Waals surface area contributed by atoms with E-state index in [-0.39, 0.29) is 29.4 Å². The maximum atomic E-state index is 14.3. The summed E-state index contributed by atoms with van der Waals surface area (Å²) in [4.78, 5) is 18.8. The molecule has 0 aliphatic carbocycles. The summed E-state index contributed by atoms with van der Waals surface area (Å²) in [5.74, 6) is -1.35. The number of carbonyl (C=O) groups is 1. The first-order chi connectivity index (χ1) is 14.9. The van der Waals surface area contributed by atoms with Crippen LogP contribution in [0.5, 0.6) is 0 Å². The average molecular weight is 450 g/mol. The molecule has 3 heterocycles. The van der Waals surface area contributed by atoms with Crippen LogP contribution in [0.3, 0.4) is 0 Å². The Morgan fingerprint density at radius 2 is 1.68 bits per heavy atom. The van der Waals surface area contributed by atoms with E-state index in [1.807, 2.05) is 6.07 Å². The van der Waals surface area contributed by atoms with Crippen molar-refractivity contribution >= 4 is 27.4 Å².